The van der Waals surface area contributed by atoms with E-state index in [1.807, 2.05) is 54.6 Å². The number of nitrogens with zero attached hydrogens (tertiary/aromatic N) is 2. The Labute approximate surface area is 175 Å². The number of ether oxygens (including phenoxy) is 1. The summed E-state index contributed by atoms with van der Waals surface area (Å²) in [4.78, 5) is 8.83. The average Bonchev–Trinajstić information content (AvgIpc) is 3.22. The summed E-state index contributed by atoms with van der Waals surface area (Å²) in [5, 5.41) is 3.91. The zero-order chi connectivity index (χ0) is 21.0. The van der Waals surface area contributed by atoms with Crippen molar-refractivity contribution >= 4 is 17.0 Å². The van der Waals surface area contributed by atoms with Crippen LogP contribution in [0.25, 0.3) is 10.6 Å². The normalized spacial score (nSPS) is 11.3. The second kappa shape index (κ2) is 8.54. The van der Waals surface area contributed by atoms with Crippen molar-refractivity contribution in [1.82, 2.24) is 9.97 Å². The van der Waals surface area contributed by atoms with E-state index in [4.69, 9.17) is 4.74 Å². The second-order valence-electron chi connectivity index (χ2n) is 6.35. The summed E-state index contributed by atoms with van der Waals surface area (Å²) in [7, 11) is 0. The minimum absolute atomic E-state index is 0.444. The molecule has 1 N–H and O–H groups in total. The lowest BCUT2D eigenvalue weighted by atomic mass is 10.2. The predicted molar refractivity (Wildman–Crippen MR) is 111 cm³/mol. The van der Waals surface area contributed by atoms with Gasteiger partial charge in [0.1, 0.15) is 22.2 Å². The number of pyridine rings is 1. The minimum atomic E-state index is -4.44. The molecule has 2 aromatic heterocycles. The molecule has 0 spiro atoms. The van der Waals surface area contributed by atoms with Crippen molar-refractivity contribution in [2.24, 2.45) is 0 Å². The average molecular weight is 427 g/mol. The Hall–Kier alpha value is -3.39. The largest absolute Gasteiger partial charge is 0.457 e. The quantitative estimate of drug-likeness (QED) is 0.375. The van der Waals surface area contributed by atoms with Crippen molar-refractivity contribution in [3.05, 3.63) is 89.7 Å². The van der Waals surface area contributed by atoms with Crippen molar-refractivity contribution in [2.75, 3.05) is 5.32 Å². The van der Waals surface area contributed by atoms with Crippen LogP contribution in [0.2, 0.25) is 0 Å². The molecule has 0 aliphatic rings. The standard InChI is InChI=1S/C22H16F3N3OS/c23-22(24,25)20-11-8-16(12-27-20)26-13-19-14-28-21(30-19)15-6-9-18(10-7-15)29-17-4-2-1-3-5-17/h1-12,14,26H,13H2. The molecule has 4 aromatic rings. The molecule has 0 aliphatic heterocycles. The molecular weight excluding hydrogens is 411 g/mol. The van der Waals surface area contributed by atoms with Gasteiger partial charge in [0.15, 0.2) is 0 Å². The third-order valence-electron chi connectivity index (χ3n) is 4.15. The highest BCUT2D eigenvalue weighted by molar-refractivity contribution is 7.15. The fourth-order valence-electron chi connectivity index (χ4n) is 2.67. The molecular formula is C22H16F3N3OS. The third-order valence-corrected chi connectivity index (χ3v) is 5.20. The van der Waals surface area contributed by atoms with Crippen LogP contribution in [-0.2, 0) is 12.7 Å². The van der Waals surface area contributed by atoms with Crippen molar-refractivity contribution in [3.63, 3.8) is 0 Å². The molecule has 30 heavy (non-hydrogen) atoms. The number of aromatic nitrogens is 2. The molecule has 0 saturated heterocycles. The maximum absolute atomic E-state index is 12.6. The second-order valence-corrected chi connectivity index (χ2v) is 7.47. The first-order valence-corrected chi connectivity index (χ1v) is 9.84. The first kappa shape index (κ1) is 19.9. The van der Waals surface area contributed by atoms with E-state index in [9.17, 15) is 13.2 Å². The minimum Gasteiger partial charge on any atom is -0.457 e. The van der Waals surface area contributed by atoms with Gasteiger partial charge in [0.05, 0.1) is 18.4 Å². The van der Waals surface area contributed by atoms with Gasteiger partial charge in [-0.2, -0.15) is 13.2 Å². The van der Waals surface area contributed by atoms with Gasteiger partial charge in [-0.15, -0.1) is 11.3 Å². The molecule has 0 aliphatic carbocycles. The van der Waals surface area contributed by atoms with Crippen LogP contribution in [0.5, 0.6) is 11.5 Å². The zero-order valence-electron chi connectivity index (χ0n) is 15.6. The van der Waals surface area contributed by atoms with E-state index in [1.165, 1.54) is 23.6 Å². The molecule has 4 nitrogen and oxygen atoms in total. The van der Waals surface area contributed by atoms with Crippen molar-refractivity contribution in [1.29, 1.82) is 0 Å². The fraction of sp³-hybridized carbons (Fsp3) is 0.0909. The number of alkyl halides is 3. The number of anilines is 1. The molecule has 152 valence electrons. The molecule has 0 unspecified atom stereocenters. The van der Waals surface area contributed by atoms with E-state index in [2.05, 4.69) is 15.3 Å². The van der Waals surface area contributed by atoms with Gasteiger partial charge in [-0.1, -0.05) is 18.2 Å². The Morgan fingerprint density at radius 3 is 2.23 bits per heavy atom. The Morgan fingerprint density at radius 1 is 0.833 bits per heavy atom. The summed E-state index contributed by atoms with van der Waals surface area (Å²) < 4.78 is 43.5. The highest BCUT2D eigenvalue weighted by atomic mass is 32.1. The van der Waals surface area contributed by atoms with Crippen LogP contribution < -0.4 is 10.1 Å². The van der Waals surface area contributed by atoms with Gasteiger partial charge in [-0.3, -0.25) is 0 Å². The van der Waals surface area contributed by atoms with Crippen LogP contribution in [0.3, 0.4) is 0 Å². The van der Waals surface area contributed by atoms with Gasteiger partial charge in [0.2, 0.25) is 0 Å². The van der Waals surface area contributed by atoms with Crippen molar-refractivity contribution in [2.45, 2.75) is 12.7 Å². The van der Waals surface area contributed by atoms with Gasteiger partial charge in [-0.25, -0.2) is 9.97 Å². The van der Waals surface area contributed by atoms with E-state index in [0.29, 0.717) is 12.2 Å². The highest BCUT2D eigenvalue weighted by Gasteiger charge is 2.31. The summed E-state index contributed by atoms with van der Waals surface area (Å²) in [6.07, 6.45) is -1.51. The van der Waals surface area contributed by atoms with Gasteiger partial charge < -0.3 is 10.1 Å². The molecule has 2 heterocycles. The van der Waals surface area contributed by atoms with Gasteiger partial charge in [-0.05, 0) is 48.5 Å². The topological polar surface area (TPSA) is 47.0 Å². The fourth-order valence-corrected chi connectivity index (χ4v) is 3.53. The number of thiazole rings is 1. The number of hydrogen-bond donors (Lipinski definition) is 1. The zero-order valence-corrected chi connectivity index (χ0v) is 16.4. The predicted octanol–water partition coefficient (Wildman–Crippen LogP) is 6.63. The van der Waals surface area contributed by atoms with E-state index in [-0.39, 0.29) is 0 Å². The summed E-state index contributed by atoms with van der Waals surface area (Å²) in [5.74, 6) is 1.50. The Kier molecular flexibility index (Phi) is 5.67. The van der Waals surface area contributed by atoms with E-state index in [1.54, 1.807) is 6.20 Å². The third kappa shape index (κ3) is 4.96. The molecule has 0 fully saturated rings. The molecule has 4 rings (SSSR count). The van der Waals surface area contributed by atoms with E-state index in [0.717, 1.165) is 33.0 Å². The van der Waals surface area contributed by atoms with Gasteiger partial charge in [0.25, 0.3) is 0 Å². The number of benzene rings is 2. The smallest absolute Gasteiger partial charge is 0.433 e. The number of hydrogen-bond acceptors (Lipinski definition) is 5. The van der Waals surface area contributed by atoms with Crippen molar-refractivity contribution < 1.29 is 17.9 Å². The van der Waals surface area contributed by atoms with Crippen LogP contribution in [0, 0.1) is 0 Å². The molecule has 0 saturated carbocycles. The van der Waals surface area contributed by atoms with Crippen LogP contribution in [0.4, 0.5) is 18.9 Å². The monoisotopic (exact) mass is 427 g/mol. The first-order chi connectivity index (χ1) is 14.5. The molecule has 0 radical (unpaired) electrons. The summed E-state index contributed by atoms with van der Waals surface area (Å²) in [6, 6.07) is 19.5. The summed E-state index contributed by atoms with van der Waals surface area (Å²) in [6.45, 7) is 0.444. The lowest BCUT2D eigenvalue weighted by Crippen LogP contribution is -2.08. The number of halogens is 3. The number of rotatable bonds is 6. The summed E-state index contributed by atoms with van der Waals surface area (Å²) in [5.41, 5.74) is 0.566. The maximum atomic E-state index is 12.6. The Morgan fingerprint density at radius 2 is 1.57 bits per heavy atom. The van der Waals surface area contributed by atoms with E-state index < -0.39 is 11.9 Å². The maximum Gasteiger partial charge on any atom is 0.433 e. The van der Waals surface area contributed by atoms with Crippen molar-refractivity contribution in [3.8, 4) is 22.1 Å². The molecule has 0 atom stereocenters. The molecule has 0 amide bonds. The lowest BCUT2D eigenvalue weighted by Gasteiger charge is -2.07. The van der Waals surface area contributed by atoms with Crippen LogP contribution in [0.1, 0.15) is 10.6 Å². The van der Waals surface area contributed by atoms with Crippen LogP contribution in [0.15, 0.2) is 79.1 Å². The van der Waals surface area contributed by atoms with Gasteiger partial charge >= 0.3 is 6.18 Å². The molecule has 8 heteroatoms. The molecule has 0 bridgehead atoms. The highest BCUT2D eigenvalue weighted by Crippen LogP contribution is 2.30. The SMILES string of the molecule is FC(F)(F)c1ccc(NCc2cnc(-c3ccc(Oc4ccccc4)cc3)s2)cn1. The Balaban J connectivity index is 1.37. The number of para-hydroxylation sites is 1. The first-order valence-electron chi connectivity index (χ1n) is 9.02. The van der Waals surface area contributed by atoms with E-state index >= 15 is 0 Å². The lowest BCUT2D eigenvalue weighted by molar-refractivity contribution is -0.141. The van der Waals surface area contributed by atoms with Crippen LogP contribution >= 0.6 is 11.3 Å². The summed E-state index contributed by atoms with van der Waals surface area (Å²) >= 11 is 1.51. The Bertz CT molecular complexity index is 1100. The van der Waals surface area contributed by atoms with Gasteiger partial charge in [0, 0.05) is 16.6 Å². The van der Waals surface area contributed by atoms with Crippen LogP contribution in [-0.4, -0.2) is 9.97 Å². The molecule has 2 aromatic carbocycles. The number of nitrogens with one attached hydrogen (secondary N) is 1.